The number of aromatic nitrogens is 2. The van der Waals surface area contributed by atoms with Crippen LogP contribution >= 0.6 is 11.3 Å². The summed E-state index contributed by atoms with van der Waals surface area (Å²) < 4.78 is 1.94. The maximum absolute atomic E-state index is 12.0. The summed E-state index contributed by atoms with van der Waals surface area (Å²) in [5, 5.41) is 7.59. The number of thiazole rings is 1. The van der Waals surface area contributed by atoms with E-state index in [1.54, 1.807) is 12.4 Å². The van der Waals surface area contributed by atoms with E-state index in [2.05, 4.69) is 15.6 Å². The van der Waals surface area contributed by atoms with Gasteiger partial charge in [0.05, 0.1) is 12.1 Å². The lowest BCUT2D eigenvalue weighted by Crippen LogP contribution is -2.21. The molecule has 0 aliphatic heterocycles. The molecule has 2 aromatic rings. The van der Waals surface area contributed by atoms with E-state index in [0.717, 1.165) is 11.4 Å². The molecule has 0 saturated carbocycles. The fourth-order valence-corrected chi connectivity index (χ4v) is 2.68. The van der Waals surface area contributed by atoms with E-state index in [1.807, 2.05) is 30.5 Å². The van der Waals surface area contributed by atoms with Gasteiger partial charge >= 0.3 is 0 Å². The van der Waals surface area contributed by atoms with E-state index in [9.17, 15) is 9.59 Å². The summed E-state index contributed by atoms with van der Waals surface area (Å²) in [6, 6.07) is 3.96. The molecule has 6 nitrogen and oxygen atoms in total. The number of nitrogens with one attached hydrogen (secondary N) is 2. The maximum atomic E-state index is 12.0. The van der Waals surface area contributed by atoms with Crippen LogP contribution in [0.15, 0.2) is 17.5 Å². The fourth-order valence-electron chi connectivity index (χ4n) is 1.95. The highest BCUT2D eigenvalue weighted by atomic mass is 32.1. The second kappa shape index (κ2) is 6.53. The number of carbonyl (C=O) groups excluding carboxylic acids is 2. The number of anilines is 1. The molecule has 21 heavy (non-hydrogen) atoms. The van der Waals surface area contributed by atoms with Gasteiger partial charge in [0, 0.05) is 23.8 Å². The Labute approximate surface area is 127 Å². The molecule has 2 rings (SSSR count). The number of aryl methyl sites for hydroxylation is 2. The largest absolute Gasteiger partial charge is 0.359 e. The minimum Gasteiger partial charge on any atom is -0.359 e. The van der Waals surface area contributed by atoms with Crippen molar-refractivity contribution in [1.29, 1.82) is 0 Å². The van der Waals surface area contributed by atoms with Gasteiger partial charge in [-0.25, -0.2) is 4.98 Å². The number of amides is 2. The zero-order chi connectivity index (χ0) is 15.4. The van der Waals surface area contributed by atoms with Crippen LogP contribution in [-0.2, 0) is 22.6 Å². The van der Waals surface area contributed by atoms with E-state index in [4.69, 9.17) is 0 Å². The molecule has 0 aromatic carbocycles. The Balaban J connectivity index is 1.96. The Morgan fingerprint density at radius 1 is 1.24 bits per heavy atom. The molecular weight excluding hydrogens is 288 g/mol. The van der Waals surface area contributed by atoms with Crippen molar-refractivity contribution in [3.05, 3.63) is 34.6 Å². The quantitative estimate of drug-likeness (QED) is 0.878. The molecule has 0 atom stereocenters. The van der Waals surface area contributed by atoms with Crippen LogP contribution in [0.2, 0.25) is 0 Å². The van der Waals surface area contributed by atoms with Gasteiger partial charge in [-0.15, -0.1) is 11.3 Å². The average molecular weight is 306 g/mol. The van der Waals surface area contributed by atoms with Crippen molar-refractivity contribution >= 4 is 28.3 Å². The zero-order valence-electron chi connectivity index (χ0n) is 12.3. The number of carbonyl (C=O) groups is 2. The number of nitrogens with zero attached hydrogens (tertiary/aromatic N) is 2. The average Bonchev–Trinajstić information content (AvgIpc) is 3.00. The van der Waals surface area contributed by atoms with E-state index < -0.39 is 0 Å². The SMILES string of the molecule is CNC(=O)Cc1csc(NC(=O)Cn2c(C)ccc2C)n1. The second-order valence-corrected chi connectivity index (χ2v) is 5.60. The first-order valence-electron chi connectivity index (χ1n) is 6.57. The van der Waals surface area contributed by atoms with Gasteiger partial charge in [-0.3, -0.25) is 9.59 Å². The van der Waals surface area contributed by atoms with Crippen LogP contribution in [0.25, 0.3) is 0 Å². The van der Waals surface area contributed by atoms with Crippen molar-refractivity contribution in [3.63, 3.8) is 0 Å². The normalized spacial score (nSPS) is 10.4. The topological polar surface area (TPSA) is 76.0 Å². The molecule has 2 N–H and O–H groups in total. The highest BCUT2D eigenvalue weighted by Gasteiger charge is 2.11. The van der Waals surface area contributed by atoms with Gasteiger partial charge in [0.2, 0.25) is 11.8 Å². The molecule has 0 radical (unpaired) electrons. The molecule has 2 amide bonds. The van der Waals surface area contributed by atoms with Crippen molar-refractivity contribution in [2.75, 3.05) is 12.4 Å². The van der Waals surface area contributed by atoms with Crippen molar-refractivity contribution in [1.82, 2.24) is 14.9 Å². The van der Waals surface area contributed by atoms with Crippen LogP contribution < -0.4 is 10.6 Å². The van der Waals surface area contributed by atoms with E-state index in [0.29, 0.717) is 10.8 Å². The number of hydrogen-bond donors (Lipinski definition) is 2. The minimum atomic E-state index is -0.127. The van der Waals surface area contributed by atoms with Gasteiger partial charge in [-0.05, 0) is 26.0 Å². The molecular formula is C14H18N4O2S. The molecule has 0 saturated heterocycles. The van der Waals surface area contributed by atoms with Gasteiger partial charge in [-0.2, -0.15) is 0 Å². The Hall–Kier alpha value is -2.15. The first-order valence-corrected chi connectivity index (χ1v) is 7.45. The van der Waals surface area contributed by atoms with Crippen LogP contribution in [-0.4, -0.2) is 28.4 Å². The van der Waals surface area contributed by atoms with Crippen LogP contribution in [0.1, 0.15) is 17.1 Å². The summed E-state index contributed by atoms with van der Waals surface area (Å²) in [4.78, 5) is 27.5. The van der Waals surface area contributed by atoms with Gasteiger partial charge in [0.15, 0.2) is 5.13 Å². The molecule has 7 heteroatoms. The van der Waals surface area contributed by atoms with Crippen LogP contribution in [0.5, 0.6) is 0 Å². The third-order valence-electron chi connectivity index (χ3n) is 3.14. The summed E-state index contributed by atoms with van der Waals surface area (Å²) in [6.07, 6.45) is 0.221. The first kappa shape index (κ1) is 15.2. The predicted octanol–water partition coefficient (Wildman–Crippen LogP) is 1.49. The summed E-state index contributed by atoms with van der Waals surface area (Å²) in [7, 11) is 1.58. The Bertz CT molecular complexity index is 640. The monoisotopic (exact) mass is 306 g/mol. The minimum absolute atomic E-state index is 0.100. The Kier molecular flexibility index (Phi) is 4.74. The summed E-state index contributed by atoms with van der Waals surface area (Å²) in [5.41, 5.74) is 2.74. The number of likely N-dealkylation sites (N-methyl/N-ethyl adjacent to an activating group) is 1. The lowest BCUT2D eigenvalue weighted by Gasteiger charge is -2.08. The van der Waals surface area contributed by atoms with Gasteiger partial charge in [0.1, 0.15) is 6.54 Å². The van der Waals surface area contributed by atoms with Crippen LogP contribution in [0, 0.1) is 13.8 Å². The van der Waals surface area contributed by atoms with E-state index in [-0.39, 0.29) is 24.8 Å². The number of hydrogen-bond acceptors (Lipinski definition) is 4. The third kappa shape index (κ3) is 3.91. The Morgan fingerprint density at radius 2 is 1.90 bits per heavy atom. The molecule has 0 bridgehead atoms. The Morgan fingerprint density at radius 3 is 2.52 bits per heavy atom. The number of rotatable bonds is 5. The van der Waals surface area contributed by atoms with Gasteiger partial charge in [0.25, 0.3) is 0 Å². The molecule has 112 valence electrons. The summed E-state index contributed by atoms with van der Waals surface area (Å²) in [5.74, 6) is -0.227. The lowest BCUT2D eigenvalue weighted by atomic mass is 10.3. The molecule has 0 unspecified atom stereocenters. The summed E-state index contributed by atoms with van der Waals surface area (Å²) in [6.45, 7) is 4.19. The highest BCUT2D eigenvalue weighted by molar-refractivity contribution is 7.13. The molecule has 0 fully saturated rings. The summed E-state index contributed by atoms with van der Waals surface area (Å²) >= 11 is 1.32. The van der Waals surface area contributed by atoms with Crippen molar-refractivity contribution in [3.8, 4) is 0 Å². The lowest BCUT2D eigenvalue weighted by molar-refractivity contribution is -0.120. The molecule has 0 aliphatic rings. The fraction of sp³-hybridized carbons (Fsp3) is 0.357. The first-order chi connectivity index (χ1) is 9.99. The predicted molar refractivity (Wildman–Crippen MR) is 82.4 cm³/mol. The van der Waals surface area contributed by atoms with E-state index in [1.165, 1.54) is 11.3 Å². The molecule has 2 aromatic heterocycles. The van der Waals surface area contributed by atoms with Crippen molar-refractivity contribution < 1.29 is 9.59 Å². The molecule has 0 aliphatic carbocycles. The maximum Gasteiger partial charge on any atom is 0.246 e. The van der Waals surface area contributed by atoms with E-state index >= 15 is 0 Å². The van der Waals surface area contributed by atoms with Gasteiger partial charge in [-0.1, -0.05) is 0 Å². The second-order valence-electron chi connectivity index (χ2n) is 4.74. The van der Waals surface area contributed by atoms with Crippen molar-refractivity contribution in [2.45, 2.75) is 26.8 Å². The third-order valence-corrected chi connectivity index (χ3v) is 3.94. The van der Waals surface area contributed by atoms with Crippen LogP contribution in [0.4, 0.5) is 5.13 Å². The van der Waals surface area contributed by atoms with Gasteiger partial charge < -0.3 is 15.2 Å². The highest BCUT2D eigenvalue weighted by Crippen LogP contribution is 2.16. The molecule has 2 heterocycles. The van der Waals surface area contributed by atoms with Crippen LogP contribution in [0.3, 0.4) is 0 Å². The smallest absolute Gasteiger partial charge is 0.246 e. The molecule has 0 spiro atoms. The van der Waals surface area contributed by atoms with Crippen molar-refractivity contribution in [2.24, 2.45) is 0 Å². The standard InChI is InChI=1S/C14H18N4O2S/c1-9-4-5-10(2)18(9)7-13(20)17-14-16-11(8-21-14)6-12(19)15-3/h4-5,8H,6-7H2,1-3H3,(H,15,19)(H,16,17,20). The zero-order valence-corrected chi connectivity index (χ0v) is 13.1.